The average molecular weight is 189 g/mol. The molecule has 0 unspecified atom stereocenters. The molecular formula is C10H11N3O. The normalized spacial score (nSPS) is 10.4. The van der Waals surface area contributed by atoms with E-state index in [2.05, 4.69) is 9.97 Å². The number of benzene rings is 1. The number of aromatic nitrogens is 2. The van der Waals surface area contributed by atoms with Crippen LogP contribution in [0.5, 0.6) is 5.75 Å². The van der Waals surface area contributed by atoms with Gasteiger partial charge in [-0.2, -0.15) is 0 Å². The first kappa shape index (κ1) is 8.62. The van der Waals surface area contributed by atoms with Crippen LogP contribution in [0, 0.1) is 6.92 Å². The number of aromatic hydroxyl groups is 1. The summed E-state index contributed by atoms with van der Waals surface area (Å²) in [6.07, 6.45) is 1.63. The standard InChI is InChI=1S/C10H11N3O/c1-6-10(13-5-12-6)7-2-3-9(14)8(11)4-7/h2-5,14H,11H2,1H3,(H,12,13). The number of anilines is 1. The van der Waals surface area contributed by atoms with E-state index in [9.17, 15) is 5.11 Å². The number of hydrogen-bond donors (Lipinski definition) is 3. The van der Waals surface area contributed by atoms with Gasteiger partial charge >= 0.3 is 0 Å². The van der Waals surface area contributed by atoms with Gasteiger partial charge in [-0.1, -0.05) is 0 Å². The summed E-state index contributed by atoms with van der Waals surface area (Å²) in [7, 11) is 0. The van der Waals surface area contributed by atoms with Gasteiger partial charge in [-0.3, -0.25) is 0 Å². The van der Waals surface area contributed by atoms with Gasteiger partial charge in [-0.15, -0.1) is 0 Å². The van der Waals surface area contributed by atoms with Crippen LogP contribution in [-0.4, -0.2) is 15.1 Å². The number of H-pyrrole nitrogens is 1. The number of rotatable bonds is 1. The Morgan fingerprint density at radius 2 is 2.21 bits per heavy atom. The second kappa shape index (κ2) is 3.06. The fourth-order valence-corrected chi connectivity index (χ4v) is 1.35. The number of nitrogens with two attached hydrogens (primary N) is 1. The number of nitrogens with zero attached hydrogens (tertiary/aromatic N) is 1. The first-order valence-corrected chi connectivity index (χ1v) is 4.27. The minimum absolute atomic E-state index is 0.0990. The van der Waals surface area contributed by atoms with Gasteiger partial charge < -0.3 is 15.8 Å². The maximum atomic E-state index is 9.26. The highest BCUT2D eigenvalue weighted by Gasteiger charge is 2.06. The number of phenolic OH excluding ortho intramolecular Hbond substituents is 1. The van der Waals surface area contributed by atoms with Crippen molar-refractivity contribution < 1.29 is 5.11 Å². The lowest BCUT2D eigenvalue weighted by molar-refractivity contribution is 0.478. The fourth-order valence-electron chi connectivity index (χ4n) is 1.35. The van der Waals surface area contributed by atoms with Crippen LogP contribution < -0.4 is 5.73 Å². The zero-order valence-electron chi connectivity index (χ0n) is 7.78. The van der Waals surface area contributed by atoms with Crippen molar-refractivity contribution in [2.75, 3.05) is 5.73 Å². The van der Waals surface area contributed by atoms with Gasteiger partial charge in [0.05, 0.1) is 17.7 Å². The lowest BCUT2D eigenvalue weighted by Crippen LogP contribution is -1.88. The van der Waals surface area contributed by atoms with Gasteiger partial charge in [0.15, 0.2) is 0 Å². The lowest BCUT2D eigenvalue weighted by Gasteiger charge is -2.02. The van der Waals surface area contributed by atoms with E-state index < -0.39 is 0 Å². The predicted octanol–water partition coefficient (Wildman–Crippen LogP) is 1.67. The lowest BCUT2D eigenvalue weighted by atomic mass is 10.1. The van der Waals surface area contributed by atoms with Gasteiger partial charge in [0, 0.05) is 11.3 Å². The molecule has 1 aromatic heterocycles. The summed E-state index contributed by atoms with van der Waals surface area (Å²) in [6, 6.07) is 5.06. The molecule has 4 nitrogen and oxygen atoms in total. The summed E-state index contributed by atoms with van der Waals surface area (Å²) < 4.78 is 0. The van der Waals surface area contributed by atoms with Crippen molar-refractivity contribution in [2.45, 2.75) is 6.92 Å². The fraction of sp³-hybridized carbons (Fsp3) is 0.100. The molecule has 0 bridgehead atoms. The first-order chi connectivity index (χ1) is 6.68. The van der Waals surface area contributed by atoms with Crippen LogP contribution in [0.3, 0.4) is 0 Å². The van der Waals surface area contributed by atoms with Crippen LogP contribution in [0.2, 0.25) is 0 Å². The molecule has 0 spiro atoms. The molecular weight excluding hydrogens is 178 g/mol. The Balaban J connectivity index is 2.53. The van der Waals surface area contributed by atoms with Crippen molar-refractivity contribution in [2.24, 2.45) is 0 Å². The number of aryl methyl sites for hydroxylation is 1. The van der Waals surface area contributed by atoms with E-state index in [0.717, 1.165) is 17.0 Å². The maximum Gasteiger partial charge on any atom is 0.138 e. The molecule has 4 heteroatoms. The highest BCUT2D eigenvalue weighted by molar-refractivity contribution is 5.69. The SMILES string of the molecule is Cc1[nH]cnc1-c1ccc(O)c(N)c1. The van der Waals surface area contributed by atoms with Crippen molar-refractivity contribution in [3.8, 4) is 17.0 Å². The molecule has 1 heterocycles. The van der Waals surface area contributed by atoms with Crippen LogP contribution in [-0.2, 0) is 0 Å². The van der Waals surface area contributed by atoms with Crippen molar-refractivity contribution in [3.63, 3.8) is 0 Å². The highest BCUT2D eigenvalue weighted by Crippen LogP contribution is 2.27. The molecule has 72 valence electrons. The van der Waals surface area contributed by atoms with E-state index in [0.29, 0.717) is 5.69 Å². The topological polar surface area (TPSA) is 74.9 Å². The molecule has 0 aliphatic carbocycles. The number of imidazole rings is 1. The molecule has 1 aromatic carbocycles. The van der Waals surface area contributed by atoms with Gasteiger partial charge in [0.2, 0.25) is 0 Å². The zero-order valence-corrected chi connectivity index (χ0v) is 7.78. The van der Waals surface area contributed by atoms with Crippen molar-refractivity contribution in [1.29, 1.82) is 0 Å². The van der Waals surface area contributed by atoms with E-state index >= 15 is 0 Å². The molecule has 0 fully saturated rings. The van der Waals surface area contributed by atoms with E-state index in [1.807, 2.05) is 6.92 Å². The largest absolute Gasteiger partial charge is 0.506 e. The average Bonchev–Trinajstić information content (AvgIpc) is 2.57. The Kier molecular flexibility index (Phi) is 1.89. The molecule has 0 amide bonds. The Hall–Kier alpha value is -1.97. The van der Waals surface area contributed by atoms with Crippen LogP contribution in [0.15, 0.2) is 24.5 Å². The van der Waals surface area contributed by atoms with Crippen LogP contribution in [0.4, 0.5) is 5.69 Å². The summed E-state index contributed by atoms with van der Waals surface area (Å²) in [5.74, 6) is 0.0990. The number of nitrogen functional groups attached to an aromatic ring is 1. The van der Waals surface area contributed by atoms with Crippen LogP contribution >= 0.6 is 0 Å². The van der Waals surface area contributed by atoms with E-state index in [1.54, 1.807) is 24.5 Å². The predicted molar refractivity (Wildman–Crippen MR) is 54.8 cm³/mol. The smallest absolute Gasteiger partial charge is 0.138 e. The number of phenols is 1. The van der Waals surface area contributed by atoms with Crippen molar-refractivity contribution in [1.82, 2.24) is 9.97 Å². The van der Waals surface area contributed by atoms with E-state index in [1.165, 1.54) is 0 Å². The molecule has 0 saturated carbocycles. The number of nitrogens with one attached hydrogen (secondary N) is 1. The van der Waals surface area contributed by atoms with Gasteiger partial charge in [0.1, 0.15) is 5.75 Å². The minimum Gasteiger partial charge on any atom is -0.506 e. The monoisotopic (exact) mass is 189 g/mol. The maximum absolute atomic E-state index is 9.26. The van der Waals surface area contributed by atoms with Crippen LogP contribution in [0.25, 0.3) is 11.3 Å². The highest BCUT2D eigenvalue weighted by atomic mass is 16.3. The molecule has 2 aromatic rings. The van der Waals surface area contributed by atoms with E-state index in [4.69, 9.17) is 5.73 Å². The third kappa shape index (κ3) is 1.31. The molecule has 0 radical (unpaired) electrons. The number of aromatic amines is 1. The second-order valence-corrected chi connectivity index (χ2v) is 3.15. The minimum atomic E-state index is 0.0990. The third-order valence-corrected chi connectivity index (χ3v) is 2.13. The van der Waals surface area contributed by atoms with Crippen molar-refractivity contribution >= 4 is 5.69 Å². The van der Waals surface area contributed by atoms with Gasteiger partial charge in [-0.05, 0) is 25.1 Å². The molecule has 0 aliphatic heterocycles. The second-order valence-electron chi connectivity index (χ2n) is 3.15. The molecule has 0 saturated heterocycles. The summed E-state index contributed by atoms with van der Waals surface area (Å²) in [5, 5.41) is 9.26. The Morgan fingerprint density at radius 1 is 1.43 bits per heavy atom. The molecule has 14 heavy (non-hydrogen) atoms. The molecule has 0 atom stereocenters. The molecule has 2 rings (SSSR count). The Labute approximate surface area is 81.4 Å². The molecule has 4 N–H and O–H groups in total. The van der Waals surface area contributed by atoms with Crippen LogP contribution in [0.1, 0.15) is 5.69 Å². The van der Waals surface area contributed by atoms with Gasteiger partial charge in [-0.25, -0.2) is 4.98 Å². The molecule has 0 aliphatic rings. The number of hydrogen-bond acceptors (Lipinski definition) is 3. The summed E-state index contributed by atoms with van der Waals surface area (Å²) in [6.45, 7) is 1.94. The summed E-state index contributed by atoms with van der Waals surface area (Å²) in [5.41, 5.74) is 8.70. The van der Waals surface area contributed by atoms with E-state index in [-0.39, 0.29) is 5.75 Å². The Morgan fingerprint density at radius 3 is 2.79 bits per heavy atom. The first-order valence-electron chi connectivity index (χ1n) is 4.27. The Bertz CT molecular complexity index is 462. The summed E-state index contributed by atoms with van der Waals surface area (Å²) >= 11 is 0. The summed E-state index contributed by atoms with van der Waals surface area (Å²) in [4.78, 5) is 7.15. The van der Waals surface area contributed by atoms with Gasteiger partial charge in [0.25, 0.3) is 0 Å². The van der Waals surface area contributed by atoms with Crippen molar-refractivity contribution in [3.05, 3.63) is 30.2 Å². The third-order valence-electron chi connectivity index (χ3n) is 2.13. The quantitative estimate of drug-likeness (QED) is 0.472. The zero-order chi connectivity index (χ0) is 10.1.